The summed E-state index contributed by atoms with van der Waals surface area (Å²) in [5.41, 5.74) is 2.15. The molecule has 2 amide bonds. The number of fused-ring (bicyclic) bond motifs is 1. The number of halogens is 3. The Morgan fingerprint density at radius 2 is 1.86 bits per heavy atom. The van der Waals surface area contributed by atoms with E-state index in [1.54, 1.807) is 24.3 Å². The van der Waals surface area contributed by atoms with E-state index in [-0.39, 0.29) is 47.4 Å². The van der Waals surface area contributed by atoms with Crippen molar-refractivity contribution in [3.63, 3.8) is 0 Å². The van der Waals surface area contributed by atoms with Crippen LogP contribution in [0.3, 0.4) is 0 Å². The Morgan fingerprint density at radius 3 is 2.56 bits per heavy atom. The van der Waals surface area contributed by atoms with Gasteiger partial charge in [-0.1, -0.05) is 23.2 Å². The Labute approximate surface area is 228 Å². The summed E-state index contributed by atoms with van der Waals surface area (Å²) in [5, 5.41) is 16.0. The van der Waals surface area contributed by atoms with E-state index in [2.05, 4.69) is 20.5 Å². The normalized spacial score (nSPS) is 12.9. The van der Waals surface area contributed by atoms with E-state index in [0.717, 1.165) is 30.1 Å². The van der Waals surface area contributed by atoms with Gasteiger partial charge in [0.05, 0.1) is 11.3 Å². The van der Waals surface area contributed by atoms with Gasteiger partial charge in [0.1, 0.15) is 0 Å². The SMILES string of the molecule is CN1CCc2nc(C(=O)Nc3cc(C(=O)O)cc(Cl)c3CCC(=O)Nc3ccc(Cl)cc3)sc2C1.Cl. The van der Waals surface area contributed by atoms with Crippen LogP contribution in [0, 0.1) is 0 Å². The molecule has 4 rings (SSSR count). The standard InChI is InChI=1S/C24H22Cl2N4O4S.ClH/c1-30-9-8-18-20(12-30)35-23(29-18)22(32)28-19-11-13(24(33)34)10-17(26)16(19)6-7-21(31)27-15-4-2-14(25)3-5-15;/h2-5,10-11H,6-9,12H2,1H3,(H,27,31)(H,28,32)(H,33,34);1H. The zero-order chi connectivity index (χ0) is 25.1. The quantitative estimate of drug-likeness (QED) is 0.352. The number of rotatable bonds is 7. The number of hydrogen-bond donors (Lipinski definition) is 3. The topological polar surface area (TPSA) is 112 Å². The average molecular weight is 570 g/mol. The minimum atomic E-state index is -1.18. The lowest BCUT2D eigenvalue weighted by Gasteiger charge is -2.20. The first-order valence-corrected chi connectivity index (χ1v) is 12.4. The van der Waals surface area contributed by atoms with Crippen LogP contribution in [0.4, 0.5) is 11.4 Å². The molecule has 3 aromatic rings. The first kappa shape index (κ1) is 27.9. The Balaban J connectivity index is 0.00000361. The molecule has 2 aromatic carbocycles. The van der Waals surface area contributed by atoms with Crippen molar-refractivity contribution in [3.05, 3.63) is 73.1 Å². The summed E-state index contributed by atoms with van der Waals surface area (Å²) in [7, 11) is 2.01. The van der Waals surface area contributed by atoms with Crippen molar-refractivity contribution in [1.29, 1.82) is 0 Å². The lowest BCUT2D eigenvalue weighted by molar-refractivity contribution is -0.116. The second kappa shape index (κ2) is 12.0. The molecule has 0 aliphatic carbocycles. The van der Waals surface area contributed by atoms with Gasteiger partial charge in [0.25, 0.3) is 5.91 Å². The first-order chi connectivity index (χ1) is 16.7. The fourth-order valence-corrected chi connectivity index (χ4v) is 5.24. The Kier molecular flexibility index (Phi) is 9.32. The van der Waals surface area contributed by atoms with Gasteiger partial charge in [0, 0.05) is 52.2 Å². The number of amides is 2. The third kappa shape index (κ3) is 6.74. The molecule has 0 unspecified atom stereocenters. The van der Waals surface area contributed by atoms with Crippen molar-refractivity contribution in [3.8, 4) is 0 Å². The lowest BCUT2D eigenvalue weighted by atomic mass is 10.0. The maximum Gasteiger partial charge on any atom is 0.335 e. The number of thiazole rings is 1. The molecular weight excluding hydrogens is 547 g/mol. The molecule has 190 valence electrons. The van der Waals surface area contributed by atoms with Crippen LogP contribution in [-0.2, 0) is 24.2 Å². The van der Waals surface area contributed by atoms with Crippen LogP contribution < -0.4 is 10.6 Å². The first-order valence-electron chi connectivity index (χ1n) is 10.8. The minimum absolute atomic E-state index is 0. The van der Waals surface area contributed by atoms with E-state index in [1.807, 2.05) is 7.05 Å². The van der Waals surface area contributed by atoms with Gasteiger partial charge in [-0.15, -0.1) is 23.7 Å². The van der Waals surface area contributed by atoms with Gasteiger partial charge in [-0.25, -0.2) is 9.78 Å². The predicted octanol–water partition coefficient (Wildman–Crippen LogP) is 5.38. The smallest absolute Gasteiger partial charge is 0.335 e. The van der Waals surface area contributed by atoms with Gasteiger partial charge in [-0.2, -0.15) is 0 Å². The largest absolute Gasteiger partial charge is 0.478 e. The van der Waals surface area contributed by atoms with Crippen molar-refractivity contribution < 1.29 is 19.5 Å². The minimum Gasteiger partial charge on any atom is -0.478 e. The number of nitrogens with one attached hydrogen (secondary N) is 2. The van der Waals surface area contributed by atoms with Gasteiger partial charge >= 0.3 is 5.97 Å². The summed E-state index contributed by atoms with van der Waals surface area (Å²) < 4.78 is 0. The molecular formula is C24H23Cl3N4O4S. The summed E-state index contributed by atoms with van der Waals surface area (Å²) in [6.07, 6.45) is 1.02. The molecule has 0 bridgehead atoms. The second-order valence-corrected chi connectivity index (χ2v) is 10.1. The van der Waals surface area contributed by atoms with Gasteiger partial charge in [0.2, 0.25) is 5.91 Å². The van der Waals surface area contributed by atoms with E-state index in [0.29, 0.717) is 21.3 Å². The monoisotopic (exact) mass is 568 g/mol. The number of carboxylic acid groups (broad SMARTS) is 1. The van der Waals surface area contributed by atoms with Crippen molar-refractivity contribution in [2.45, 2.75) is 25.8 Å². The van der Waals surface area contributed by atoms with Gasteiger partial charge < -0.3 is 20.6 Å². The molecule has 0 atom stereocenters. The van der Waals surface area contributed by atoms with E-state index < -0.39 is 11.9 Å². The molecule has 3 N–H and O–H groups in total. The van der Waals surface area contributed by atoms with E-state index >= 15 is 0 Å². The third-order valence-corrected chi connectivity index (χ3v) is 7.21. The number of carbonyl (C=O) groups is 3. The highest BCUT2D eigenvalue weighted by molar-refractivity contribution is 7.13. The summed E-state index contributed by atoms with van der Waals surface area (Å²) in [6.45, 7) is 1.60. The highest BCUT2D eigenvalue weighted by atomic mass is 35.5. The van der Waals surface area contributed by atoms with Gasteiger partial charge in [-0.3, -0.25) is 9.59 Å². The van der Waals surface area contributed by atoms with E-state index in [4.69, 9.17) is 23.2 Å². The molecule has 0 saturated heterocycles. The number of anilines is 2. The Morgan fingerprint density at radius 1 is 1.14 bits per heavy atom. The fraction of sp³-hybridized carbons (Fsp3) is 0.250. The zero-order valence-corrected chi connectivity index (χ0v) is 22.3. The van der Waals surface area contributed by atoms with Gasteiger partial charge in [0.15, 0.2) is 5.01 Å². The zero-order valence-electron chi connectivity index (χ0n) is 19.1. The summed E-state index contributed by atoms with van der Waals surface area (Å²) >= 11 is 13.6. The molecule has 1 aliphatic rings. The summed E-state index contributed by atoms with van der Waals surface area (Å²) in [5.74, 6) is -1.89. The Bertz CT molecular complexity index is 1300. The van der Waals surface area contributed by atoms with Crippen molar-refractivity contribution in [2.24, 2.45) is 0 Å². The summed E-state index contributed by atoms with van der Waals surface area (Å²) in [4.78, 5) is 44.7. The molecule has 0 saturated carbocycles. The molecule has 1 aliphatic heterocycles. The van der Waals surface area contributed by atoms with Gasteiger partial charge in [-0.05, 0) is 55.4 Å². The average Bonchev–Trinajstić information content (AvgIpc) is 3.23. The van der Waals surface area contributed by atoms with E-state index in [1.165, 1.54) is 23.5 Å². The molecule has 36 heavy (non-hydrogen) atoms. The van der Waals surface area contributed by atoms with E-state index in [9.17, 15) is 19.5 Å². The maximum absolute atomic E-state index is 13.0. The van der Waals surface area contributed by atoms with Crippen LogP contribution in [0.5, 0.6) is 0 Å². The summed E-state index contributed by atoms with van der Waals surface area (Å²) in [6, 6.07) is 9.36. The molecule has 0 radical (unpaired) electrons. The van der Waals surface area contributed by atoms with Crippen LogP contribution in [0.1, 0.15) is 42.7 Å². The molecule has 0 fully saturated rings. The molecule has 12 heteroatoms. The van der Waals surface area contributed by atoms with Crippen LogP contribution in [0.25, 0.3) is 0 Å². The number of likely N-dealkylation sites (N-methyl/N-ethyl adjacent to an activating group) is 1. The number of nitrogens with zero attached hydrogens (tertiary/aromatic N) is 2. The van der Waals surface area contributed by atoms with Crippen molar-refractivity contribution in [2.75, 3.05) is 24.2 Å². The van der Waals surface area contributed by atoms with Crippen molar-refractivity contribution >= 4 is 76.1 Å². The van der Waals surface area contributed by atoms with Crippen LogP contribution >= 0.6 is 46.9 Å². The Hall–Kier alpha value is -2.69. The van der Waals surface area contributed by atoms with Crippen molar-refractivity contribution in [1.82, 2.24) is 9.88 Å². The molecule has 1 aromatic heterocycles. The predicted molar refractivity (Wildman–Crippen MR) is 144 cm³/mol. The highest BCUT2D eigenvalue weighted by Crippen LogP contribution is 2.30. The second-order valence-electron chi connectivity index (χ2n) is 8.18. The third-order valence-electron chi connectivity index (χ3n) is 5.54. The molecule has 0 spiro atoms. The fourth-order valence-electron chi connectivity index (χ4n) is 3.72. The lowest BCUT2D eigenvalue weighted by Crippen LogP contribution is -2.25. The van der Waals surface area contributed by atoms with Crippen LogP contribution in [0.2, 0.25) is 10.0 Å². The van der Waals surface area contributed by atoms with Crippen LogP contribution in [-0.4, -0.2) is 46.4 Å². The molecule has 2 heterocycles. The maximum atomic E-state index is 13.0. The number of benzene rings is 2. The number of carbonyl (C=O) groups excluding carboxylic acids is 2. The highest BCUT2D eigenvalue weighted by Gasteiger charge is 2.23. The number of aromatic carboxylic acids is 1. The number of aromatic nitrogens is 1. The van der Waals surface area contributed by atoms with Crippen LogP contribution in [0.15, 0.2) is 36.4 Å². The molecule has 8 nitrogen and oxygen atoms in total. The number of hydrogen-bond acceptors (Lipinski definition) is 6. The number of carboxylic acids is 1.